The predicted molar refractivity (Wildman–Crippen MR) is 109 cm³/mol. The first-order valence-corrected chi connectivity index (χ1v) is 10.00. The van der Waals surface area contributed by atoms with Crippen LogP contribution in [0.4, 0.5) is 24.0 Å². The number of carbonyl (C=O) groups is 1. The molecule has 10 heteroatoms. The number of amides is 1. The number of nitrogens with one attached hydrogen (secondary N) is 2. The van der Waals surface area contributed by atoms with E-state index in [2.05, 4.69) is 20.6 Å². The van der Waals surface area contributed by atoms with Crippen molar-refractivity contribution in [2.24, 2.45) is 5.73 Å². The van der Waals surface area contributed by atoms with Crippen LogP contribution in [-0.4, -0.2) is 28.5 Å². The minimum absolute atomic E-state index is 0.00829. The molecular formula is C20H18F3N5OS. The monoisotopic (exact) mass is 433 g/mol. The van der Waals surface area contributed by atoms with Crippen LogP contribution in [0.15, 0.2) is 42.7 Å². The number of carbonyl (C=O) groups excluding carboxylic acids is 1. The third-order valence-corrected chi connectivity index (χ3v) is 5.65. The van der Waals surface area contributed by atoms with Crippen LogP contribution >= 0.6 is 11.3 Å². The Balaban J connectivity index is 1.33. The van der Waals surface area contributed by atoms with E-state index in [1.54, 1.807) is 6.20 Å². The lowest BCUT2D eigenvalue weighted by atomic mass is 10.1. The first-order chi connectivity index (χ1) is 14.3. The van der Waals surface area contributed by atoms with E-state index in [0.717, 1.165) is 27.8 Å². The van der Waals surface area contributed by atoms with E-state index in [0.29, 0.717) is 30.1 Å². The number of fused-ring (bicyclic) bond motifs is 1. The Labute approximate surface area is 174 Å². The first-order valence-electron chi connectivity index (χ1n) is 9.18. The van der Waals surface area contributed by atoms with Gasteiger partial charge in [-0.1, -0.05) is 23.5 Å². The maximum atomic E-state index is 12.6. The molecule has 0 radical (unpaired) electrons. The Kier molecular flexibility index (Phi) is 5.44. The van der Waals surface area contributed by atoms with Crippen LogP contribution in [0, 0.1) is 0 Å². The van der Waals surface area contributed by atoms with Gasteiger partial charge in [0.1, 0.15) is 5.69 Å². The molecule has 0 bridgehead atoms. The van der Waals surface area contributed by atoms with Gasteiger partial charge in [-0.3, -0.25) is 9.78 Å². The summed E-state index contributed by atoms with van der Waals surface area (Å²) in [7, 11) is 0. The van der Waals surface area contributed by atoms with Gasteiger partial charge in [0.25, 0.3) is 0 Å². The highest BCUT2D eigenvalue weighted by molar-refractivity contribution is 7.18. The van der Waals surface area contributed by atoms with Crippen molar-refractivity contribution in [2.75, 3.05) is 17.2 Å². The number of thiazole rings is 1. The fourth-order valence-electron chi connectivity index (χ4n) is 3.18. The summed E-state index contributed by atoms with van der Waals surface area (Å²) in [4.78, 5) is 20.3. The highest BCUT2D eigenvalue weighted by Gasteiger charge is 2.32. The molecule has 0 unspecified atom stereocenters. The summed E-state index contributed by atoms with van der Waals surface area (Å²) in [6, 6.07) is 7.84. The Morgan fingerprint density at radius 2 is 2.03 bits per heavy atom. The van der Waals surface area contributed by atoms with Gasteiger partial charge in [0.05, 0.1) is 11.3 Å². The minimum atomic E-state index is -4.45. The van der Waals surface area contributed by atoms with Crippen LogP contribution < -0.4 is 16.4 Å². The maximum Gasteiger partial charge on any atom is 0.433 e. The molecule has 3 heterocycles. The number of aromatic nitrogens is 2. The van der Waals surface area contributed by atoms with Crippen molar-refractivity contribution in [1.82, 2.24) is 9.97 Å². The van der Waals surface area contributed by atoms with Gasteiger partial charge < -0.3 is 16.4 Å². The molecule has 0 spiro atoms. The molecule has 3 aromatic rings. The van der Waals surface area contributed by atoms with E-state index in [1.807, 2.05) is 18.2 Å². The van der Waals surface area contributed by atoms with Crippen LogP contribution in [0.1, 0.15) is 16.8 Å². The largest absolute Gasteiger partial charge is 0.433 e. The molecule has 4 N–H and O–H groups in total. The summed E-state index contributed by atoms with van der Waals surface area (Å²) >= 11 is 1.46. The fraction of sp³-hybridized carbons (Fsp3) is 0.250. The lowest BCUT2D eigenvalue weighted by molar-refractivity contribution is -0.141. The summed E-state index contributed by atoms with van der Waals surface area (Å²) in [5.41, 5.74) is 8.61. The summed E-state index contributed by atoms with van der Waals surface area (Å²) < 4.78 is 37.7. The smallest absolute Gasteiger partial charge is 0.360 e. The van der Waals surface area contributed by atoms with E-state index >= 15 is 0 Å². The minimum Gasteiger partial charge on any atom is -0.360 e. The topological polar surface area (TPSA) is 92.9 Å². The van der Waals surface area contributed by atoms with Gasteiger partial charge in [-0.15, -0.1) is 0 Å². The van der Waals surface area contributed by atoms with Gasteiger partial charge in [-0.2, -0.15) is 13.2 Å². The van der Waals surface area contributed by atoms with Crippen LogP contribution in [0.25, 0.3) is 10.4 Å². The Bertz CT molecular complexity index is 1070. The Hall–Kier alpha value is -2.98. The number of rotatable bonds is 6. The number of anilines is 2. The molecule has 1 aromatic carbocycles. The molecule has 1 amide bonds. The lowest BCUT2D eigenvalue weighted by Crippen LogP contribution is -2.31. The molecule has 2 aromatic heterocycles. The molecule has 1 atom stereocenters. The maximum absolute atomic E-state index is 12.6. The zero-order valence-electron chi connectivity index (χ0n) is 15.7. The number of nitrogens with zero attached hydrogens (tertiary/aromatic N) is 2. The Morgan fingerprint density at radius 3 is 2.77 bits per heavy atom. The van der Waals surface area contributed by atoms with Gasteiger partial charge in [-0.25, -0.2) is 4.98 Å². The van der Waals surface area contributed by atoms with Crippen LogP contribution in [-0.2, 0) is 23.8 Å². The van der Waals surface area contributed by atoms with E-state index in [1.165, 1.54) is 23.6 Å². The highest BCUT2D eigenvalue weighted by atomic mass is 32.1. The number of benzene rings is 1. The lowest BCUT2D eigenvalue weighted by Gasteiger charge is -2.12. The van der Waals surface area contributed by atoms with Crippen molar-refractivity contribution >= 4 is 28.1 Å². The molecule has 156 valence electrons. The number of pyridine rings is 1. The van der Waals surface area contributed by atoms with Crippen LogP contribution in [0.3, 0.4) is 0 Å². The summed E-state index contributed by atoms with van der Waals surface area (Å²) in [5.74, 6) is -0.00829. The predicted octanol–water partition coefficient (Wildman–Crippen LogP) is 3.70. The van der Waals surface area contributed by atoms with E-state index in [-0.39, 0.29) is 11.9 Å². The molecule has 0 saturated heterocycles. The van der Waals surface area contributed by atoms with E-state index in [9.17, 15) is 18.0 Å². The summed E-state index contributed by atoms with van der Waals surface area (Å²) in [5, 5.41) is 6.67. The number of halogens is 3. The molecule has 1 aliphatic rings. The first kappa shape index (κ1) is 20.3. The number of hydrogen-bond donors (Lipinski definition) is 3. The average Bonchev–Trinajstić information content (AvgIpc) is 3.31. The fourth-order valence-corrected chi connectivity index (χ4v) is 4.00. The third kappa shape index (κ3) is 4.60. The van der Waals surface area contributed by atoms with Crippen molar-refractivity contribution in [2.45, 2.75) is 25.1 Å². The molecule has 1 aliphatic heterocycles. The normalized spacial score (nSPS) is 14.3. The molecule has 30 heavy (non-hydrogen) atoms. The van der Waals surface area contributed by atoms with Crippen LogP contribution in [0.5, 0.6) is 0 Å². The Morgan fingerprint density at radius 1 is 1.20 bits per heavy atom. The number of hydrogen-bond acceptors (Lipinski definition) is 6. The zero-order valence-corrected chi connectivity index (χ0v) is 16.5. The quantitative estimate of drug-likeness (QED) is 0.551. The van der Waals surface area contributed by atoms with Crippen molar-refractivity contribution in [1.29, 1.82) is 0 Å². The third-order valence-electron chi connectivity index (χ3n) is 4.65. The molecule has 0 fully saturated rings. The van der Waals surface area contributed by atoms with E-state index < -0.39 is 11.9 Å². The number of nitrogens with two attached hydrogens (primary N) is 1. The van der Waals surface area contributed by atoms with Gasteiger partial charge in [0.2, 0.25) is 5.91 Å². The second kappa shape index (κ2) is 8.04. The zero-order chi connectivity index (χ0) is 21.3. The van der Waals surface area contributed by atoms with Crippen LogP contribution in [0.2, 0.25) is 0 Å². The van der Waals surface area contributed by atoms with Gasteiger partial charge in [-0.05, 0) is 41.3 Å². The van der Waals surface area contributed by atoms with Gasteiger partial charge in [0, 0.05) is 30.7 Å². The molecular weight excluding hydrogens is 415 g/mol. The second-order valence-electron chi connectivity index (χ2n) is 7.02. The summed E-state index contributed by atoms with van der Waals surface area (Å²) in [6.07, 6.45) is -0.722. The SMILES string of the molecule is N[C@H](CNc1ncc(-c2ccc3c(c2)CC(=O)N3)s1)Cc1ccc(C(F)(F)F)nc1. The molecule has 6 nitrogen and oxygen atoms in total. The average molecular weight is 433 g/mol. The second-order valence-corrected chi connectivity index (χ2v) is 8.05. The molecule has 0 aliphatic carbocycles. The van der Waals surface area contributed by atoms with E-state index in [4.69, 9.17) is 5.73 Å². The highest BCUT2D eigenvalue weighted by Crippen LogP contribution is 2.33. The van der Waals surface area contributed by atoms with Gasteiger partial charge >= 0.3 is 6.18 Å². The standard InChI is InChI=1S/C20H18F3N5OS/c21-20(22,23)17-4-1-11(8-25-17)5-14(24)9-26-19-27-10-16(30-19)12-2-3-15-13(6-12)7-18(29)28-15/h1-4,6,8,10,14H,5,7,9,24H2,(H,26,27)(H,28,29)/t14-/m0/s1. The van der Waals surface area contributed by atoms with Crippen molar-refractivity contribution in [3.63, 3.8) is 0 Å². The van der Waals surface area contributed by atoms with Crippen molar-refractivity contribution in [3.8, 4) is 10.4 Å². The van der Waals surface area contributed by atoms with Gasteiger partial charge in [0.15, 0.2) is 5.13 Å². The summed E-state index contributed by atoms with van der Waals surface area (Å²) in [6.45, 7) is 0.413. The molecule has 4 rings (SSSR count). The van der Waals surface area contributed by atoms with Crippen molar-refractivity contribution < 1.29 is 18.0 Å². The van der Waals surface area contributed by atoms with Crippen molar-refractivity contribution in [3.05, 3.63) is 59.5 Å². The molecule has 0 saturated carbocycles. The number of alkyl halides is 3.